The molecule has 0 radical (unpaired) electrons. The maximum Gasteiger partial charge on any atom is 0.353 e. The van der Waals surface area contributed by atoms with E-state index in [1.54, 1.807) is 29.5 Å². The molecule has 0 atom stereocenters. The lowest BCUT2D eigenvalue weighted by atomic mass is 10.1. The molecule has 3 nitrogen and oxygen atoms in total. The Morgan fingerprint density at radius 2 is 1.91 bits per heavy atom. The summed E-state index contributed by atoms with van der Waals surface area (Å²) in [5.74, 6) is -0.416. The summed E-state index contributed by atoms with van der Waals surface area (Å²) in [5.41, 5.74) is 3.76. The van der Waals surface area contributed by atoms with Gasteiger partial charge in [0.25, 0.3) is 0 Å². The molecule has 2 heterocycles. The molecule has 0 unspecified atom stereocenters. The van der Waals surface area contributed by atoms with Gasteiger partial charge < -0.3 is 10.1 Å². The van der Waals surface area contributed by atoms with Gasteiger partial charge in [-0.3, -0.25) is 0 Å². The van der Waals surface area contributed by atoms with Crippen molar-refractivity contribution in [2.24, 2.45) is 0 Å². The lowest BCUT2D eigenvalue weighted by molar-refractivity contribution is 0.0692. The van der Waals surface area contributed by atoms with Crippen molar-refractivity contribution in [3.8, 4) is 11.1 Å². The number of fused-ring (bicyclic) bond motifs is 1. The van der Waals surface area contributed by atoms with Crippen molar-refractivity contribution in [1.82, 2.24) is 4.98 Å². The maximum atomic E-state index is 11.6. The number of thiophene rings is 1. The Balaban J connectivity index is 2.02. The van der Waals surface area contributed by atoms with E-state index in [9.17, 15) is 9.90 Å². The van der Waals surface area contributed by atoms with E-state index >= 15 is 0 Å². The van der Waals surface area contributed by atoms with Gasteiger partial charge in [0.15, 0.2) is 0 Å². The monoisotopic (exact) mass is 351 g/mol. The molecular formula is C16H11Cl2NO2S. The first kappa shape index (κ1) is 14.1. The van der Waals surface area contributed by atoms with Crippen LogP contribution in [0.5, 0.6) is 0 Å². The summed E-state index contributed by atoms with van der Waals surface area (Å²) in [6.45, 7) is 0. The van der Waals surface area contributed by atoms with Gasteiger partial charge in [0.1, 0.15) is 5.69 Å². The predicted octanol–water partition coefficient (Wildman–Crippen LogP) is 5.78. The average molecular weight is 352 g/mol. The van der Waals surface area contributed by atoms with Crippen LogP contribution in [0.1, 0.15) is 34.8 Å². The van der Waals surface area contributed by atoms with E-state index in [1.165, 1.54) is 18.4 Å². The molecule has 0 amide bonds. The fourth-order valence-corrected chi connectivity index (χ4v) is 4.52. The minimum absolute atomic E-state index is 0.196. The summed E-state index contributed by atoms with van der Waals surface area (Å²) >= 11 is 13.7. The van der Waals surface area contributed by atoms with Gasteiger partial charge in [-0.2, -0.15) is 0 Å². The molecule has 1 aromatic carbocycles. The number of rotatable bonds is 3. The number of aromatic nitrogens is 1. The zero-order chi connectivity index (χ0) is 15.4. The van der Waals surface area contributed by atoms with Gasteiger partial charge >= 0.3 is 5.97 Å². The number of carboxylic acid groups (broad SMARTS) is 1. The zero-order valence-corrected chi connectivity index (χ0v) is 13.6. The summed E-state index contributed by atoms with van der Waals surface area (Å²) in [4.78, 5) is 14.7. The lowest BCUT2D eigenvalue weighted by Gasteiger charge is -2.03. The standard InChI is InChI=1S/C16H11Cl2NO2S/c17-9-3-8(4-10(18)5-9)12-14(16(20)21)19-13-11(7-1-2-7)6-22-15(12)13/h3-7,19H,1-2H2,(H,20,21). The highest BCUT2D eigenvalue weighted by molar-refractivity contribution is 7.18. The van der Waals surface area contributed by atoms with Gasteiger partial charge in [0.05, 0.1) is 10.2 Å². The second-order valence-electron chi connectivity index (χ2n) is 5.51. The molecule has 0 bridgehead atoms. The van der Waals surface area contributed by atoms with E-state index in [-0.39, 0.29) is 5.69 Å². The number of aromatic amines is 1. The van der Waals surface area contributed by atoms with Crippen LogP contribution in [-0.2, 0) is 0 Å². The van der Waals surface area contributed by atoms with Gasteiger partial charge in [-0.15, -0.1) is 11.3 Å². The van der Waals surface area contributed by atoms with E-state index in [4.69, 9.17) is 23.2 Å². The van der Waals surface area contributed by atoms with E-state index in [0.717, 1.165) is 15.8 Å². The van der Waals surface area contributed by atoms with Crippen LogP contribution in [-0.4, -0.2) is 16.1 Å². The lowest BCUT2D eigenvalue weighted by Crippen LogP contribution is -1.99. The topological polar surface area (TPSA) is 53.1 Å². The second-order valence-corrected chi connectivity index (χ2v) is 7.26. The third kappa shape index (κ3) is 2.22. The number of carboxylic acids is 1. The number of hydrogen-bond donors (Lipinski definition) is 2. The average Bonchev–Trinajstić information content (AvgIpc) is 3.07. The van der Waals surface area contributed by atoms with Gasteiger partial charge in [0.2, 0.25) is 0 Å². The SMILES string of the molecule is O=C(O)c1[nH]c2c(C3CC3)csc2c1-c1cc(Cl)cc(Cl)c1. The van der Waals surface area contributed by atoms with Crippen molar-refractivity contribution in [2.45, 2.75) is 18.8 Å². The highest BCUT2D eigenvalue weighted by Gasteiger charge is 2.30. The van der Waals surface area contributed by atoms with Crippen molar-refractivity contribution in [3.05, 3.63) is 44.9 Å². The minimum atomic E-state index is -0.976. The Labute approximate surface area is 140 Å². The molecule has 0 aliphatic heterocycles. The Morgan fingerprint density at radius 1 is 1.23 bits per heavy atom. The molecule has 1 fully saturated rings. The smallest absolute Gasteiger partial charge is 0.353 e. The Morgan fingerprint density at radius 3 is 2.50 bits per heavy atom. The van der Waals surface area contributed by atoms with E-state index < -0.39 is 5.97 Å². The Bertz CT molecular complexity index is 888. The van der Waals surface area contributed by atoms with E-state index in [2.05, 4.69) is 10.4 Å². The highest BCUT2D eigenvalue weighted by atomic mass is 35.5. The van der Waals surface area contributed by atoms with Crippen molar-refractivity contribution in [3.63, 3.8) is 0 Å². The number of halogens is 2. The molecule has 3 aromatic rings. The van der Waals surface area contributed by atoms with Crippen LogP contribution in [0.25, 0.3) is 21.3 Å². The van der Waals surface area contributed by atoms with Crippen LogP contribution in [0.3, 0.4) is 0 Å². The molecule has 6 heteroatoms. The molecule has 2 N–H and O–H groups in total. The number of hydrogen-bond acceptors (Lipinski definition) is 2. The molecule has 1 aliphatic rings. The molecule has 2 aromatic heterocycles. The van der Waals surface area contributed by atoms with Crippen LogP contribution >= 0.6 is 34.5 Å². The largest absolute Gasteiger partial charge is 0.477 e. The van der Waals surface area contributed by atoms with Gasteiger partial charge in [-0.05, 0) is 53.5 Å². The van der Waals surface area contributed by atoms with Gasteiger partial charge in [0, 0.05) is 15.6 Å². The number of nitrogens with one attached hydrogen (secondary N) is 1. The molecule has 4 rings (SSSR count). The fraction of sp³-hybridized carbons (Fsp3) is 0.188. The predicted molar refractivity (Wildman–Crippen MR) is 90.6 cm³/mol. The molecule has 22 heavy (non-hydrogen) atoms. The van der Waals surface area contributed by atoms with Gasteiger partial charge in [-0.1, -0.05) is 23.2 Å². The molecule has 0 saturated heterocycles. The van der Waals surface area contributed by atoms with Crippen molar-refractivity contribution < 1.29 is 9.90 Å². The van der Waals surface area contributed by atoms with Crippen molar-refractivity contribution in [2.75, 3.05) is 0 Å². The summed E-state index contributed by atoms with van der Waals surface area (Å²) in [5, 5.41) is 12.6. The fourth-order valence-electron chi connectivity index (χ4n) is 2.81. The quantitative estimate of drug-likeness (QED) is 0.628. The Kier molecular flexibility index (Phi) is 3.22. The molecule has 1 saturated carbocycles. The van der Waals surface area contributed by atoms with Crippen LogP contribution in [0.2, 0.25) is 10.0 Å². The molecule has 0 spiro atoms. The number of H-pyrrole nitrogens is 1. The highest BCUT2D eigenvalue weighted by Crippen LogP contribution is 2.48. The third-order valence-electron chi connectivity index (χ3n) is 3.93. The second kappa shape index (κ2) is 5.01. The summed E-state index contributed by atoms with van der Waals surface area (Å²) in [7, 11) is 0. The Hall–Kier alpha value is -1.49. The minimum Gasteiger partial charge on any atom is -0.477 e. The van der Waals surface area contributed by atoms with Crippen LogP contribution < -0.4 is 0 Å². The van der Waals surface area contributed by atoms with E-state index in [1.807, 2.05) is 0 Å². The van der Waals surface area contributed by atoms with Crippen LogP contribution in [0, 0.1) is 0 Å². The molecular weight excluding hydrogens is 341 g/mol. The van der Waals surface area contributed by atoms with Gasteiger partial charge in [-0.25, -0.2) is 4.79 Å². The first-order chi connectivity index (χ1) is 10.5. The third-order valence-corrected chi connectivity index (χ3v) is 5.38. The summed E-state index contributed by atoms with van der Waals surface area (Å²) in [6, 6.07) is 5.14. The van der Waals surface area contributed by atoms with Crippen molar-refractivity contribution >= 4 is 50.7 Å². The van der Waals surface area contributed by atoms with Crippen LogP contribution in [0.15, 0.2) is 23.6 Å². The van der Waals surface area contributed by atoms with Crippen LogP contribution in [0.4, 0.5) is 0 Å². The van der Waals surface area contributed by atoms with E-state index in [0.29, 0.717) is 21.5 Å². The molecule has 112 valence electrons. The molecule has 1 aliphatic carbocycles. The first-order valence-electron chi connectivity index (χ1n) is 6.87. The number of aromatic carboxylic acids is 1. The summed E-state index contributed by atoms with van der Waals surface area (Å²) in [6.07, 6.45) is 2.34. The number of carbonyl (C=O) groups is 1. The van der Waals surface area contributed by atoms with Crippen molar-refractivity contribution in [1.29, 1.82) is 0 Å². The maximum absolute atomic E-state index is 11.6. The normalized spacial score (nSPS) is 14.6. The zero-order valence-electron chi connectivity index (χ0n) is 11.3. The number of benzene rings is 1. The summed E-state index contributed by atoms with van der Waals surface area (Å²) < 4.78 is 0.956. The first-order valence-corrected chi connectivity index (χ1v) is 8.51.